The number of hydrogen-bond acceptors (Lipinski definition) is 5. The van der Waals surface area contributed by atoms with E-state index in [1.54, 1.807) is 4.90 Å². The number of nitrogen functional groups attached to an aromatic ring is 1. The first-order valence-corrected chi connectivity index (χ1v) is 13.5. The van der Waals surface area contributed by atoms with Crippen LogP contribution in [0.1, 0.15) is 60.8 Å². The quantitative estimate of drug-likeness (QED) is 0.474. The normalized spacial score (nSPS) is 18.3. The number of piperidine rings is 1. The number of nitrogens with two attached hydrogens (primary N) is 1. The molecule has 3 N–H and O–H groups in total. The zero-order valence-corrected chi connectivity index (χ0v) is 20.4. The van der Waals surface area contributed by atoms with Crippen LogP contribution >= 0.6 is 0 Å². The molecule has 1 aliphatic heterocycles. The maximum absolute atomic E-state index is 12.7. The summed E-state index contributed by atoms with van der Waals surface area (Å²) in [5, 5.41) is 3.58. The van der Waals surface area contributed by atoms with Crippen molar-refractivity contribution in [1.29, 1.82) is 0 Å². The van der Waals surface area contributed by atoms with Crippen molar-refractivity contribution in [3.63, 3.8) is 0 Å². The first-order valence-electron chi connectivity index (χ1n) is 10.5. The lowest BCUT2D eigenvalue weighted by Gasteiger charge is -2.38. The first kappa shape index (κ1) is 23.4. The molecule has 1 fully saturated rings. The Hall–Kier alpha value is -1.89. The largest absolute Gasteiger partial charge is 0.543 e. The van der Waals surface area contributed by atoms with Crippen molar-refractivity contribution in [1.82, 2.24) is 4.90 Å². The van der Waals surface area contributed by atoms with Gasteiger partial charge in [0.15, 0.2) is 0 Å². The standard InChI is InChI=1S/C22H39N3O3Si/c1-21(2,3)27-20(26)25-14-10-9-11-19(25)24-18-15-16(12-13-17(18)23)28-29(7,8)22(4,5)6/h12-13,15,19,24H,9-11,14,23H2,1-8H3. The van der Waals surface area contributed by atoms with Crippen LogP contribution in [0.25, 0.3) is 0 Å². The second kappa shape index (κ2) is 8.46. The molecule has 0 aliphatic carbocycles. The molecule has 1 aromatic carbocycles. The van der Waals surface area contributed by atoms with Crippen LogP contribution in [0, 0.1) is 0 Å². The fourth-order valence-electron chi connectivity index (χ4n) is 2.97. The lowest BCUT2D eigenvalue weighted by molar-refractivity contribution is 0.0130. The highest BCUT2D eigenvalue weighted by Gasteiger charge is 2.39. The van der Waals surface area contributed by atoms with Crippen LogP contribution in [0.3, 0.4) is 0 Å². The number of amides is 1. The Balaban J connectivity index is 2.20. The smallest absolute Gasteiger partial charge is 0.411 e. The number of nitrogens with one attached hydrogen (secondary N) is 1. The summed E-state index contributed by atoms with van der Waals surface area (Å²) in [6, 6.07) is 5.75. The van der Waals surface area contributed by atoms with Crippen molar-refractivity contribution < 1.29 is 14.0 Å². The number of nitrogens with zero attached hydrogens (tertiary/aromatic N) is 1. The van der Waals surface area contributed by atoms with Crippen LogP contribution in [0.15, 0.2) is 18.2 Å². The minimum absolute atomic E-state index is 0.110. The Labute approximate surface area is 177 Å². The molecule has 2 rings (SSSR count). The highest BCUT2D eigenvalue weighted by atomic mass is 28.4. The molecule has 0 bridgehead atoms. The Morgan fingerprint density at radius 1 is 1.17 bits per heavy atom. The number of anilines is 2. The van der Waals surface area contributed by atoms with Crippen molar-refractivity contribution >= 4 is 25.8 Å². The highest BCUT2D eigenvalue weighted by molar-refractivity contribution is 6.74. The Kier molecular flexibility index (Phi) is 6.82. The molecule has 0 aromatic heterocycles. The van der Waals surface area contributed by atoms with Gasteiger partial charge in [-0.05, 0) is 70.3 Å². The van der Waals surface area contributed by atoms with Gasteiger partial charge in [0.2, 0.25) is 8.32 Å². The van der Waals surface area contributed by atoms with Gasteiger partial charge >= 0.3 is 6.09 Å². The van der Waals surface area contributed by atoms with Gasteiger partial charge in [0.05, 0.1) is 11.4 Å². The molecule has 0 radical (unpaired) electrons. The molecule has 7 heteroatoms. The fourth-order valence-corrected chi connectivity index (χ4v) is 3.99. The summed E-state index contributed by atoms with van der Waals surface area (Å²) < 4.78 is 12.0. The van der Waals surface area contributed by atoms with Gasteiger partial charge in [-0.25, -0.2) is 4.79 Å². The molecular formula is C22H39N3O3Si. The second-order valence-corrected chi connectivity index (χ2v) is 15.2. The van der Waals surface area contributed by atoms with Crippen LogP contribution in [0.4, 0.5) is 16.2 Å². The van der Waals surface area contributed by atoms with E-state index in [2.05, 4.69) is 39.2 Å². The third-order valence-electron chi connectivity index (χ3n) is 5.66. The zero-order chi connectivity index (χ0) is 22.0. The van der Waals surface area contributed by atoms with Crippen molar-refractivity contribution in [2.45, 2.75) is 90.7 Å². The summed E-state index contributed by atoms with van der Waals surface area (Å²) in [5.41, 5.74) is 7.15. The van der Waals surface area contributed by atoms with E-state index in [4.69, 9.17) is 14.9 Å². The van der Waals surface area contributed by atoms with E-state index in [0.29, 0.717) is 12.2 Å². The first-order chi connectivity index (χ1) is 13.2. The third-order valence-corrected chi connectivity index (χ3v) is 10.0. The van der Waals surface area contributed by atoms with Gasteiger partial charge < -0.3 is 20.2 Å². The maximum Gasteiger partial charge on any atom is 0.411 e. The second-order valence-electron chi connectivity index (χ2n) is 10.4. The summed E-state index contributed by atoms with van der Waals surface area (Å²) in [6.45, 7) is 17.4. The molecule has 29 heavy (non-hydrogen) atoms. The van der Waals surface area contributed by atoms with Gasteiger partial charge in [-0.15, -0.1) is 0 Å². The highest BCUT2D eigenvalue weighted by Crippen LogP contribution is 2.38. The van der Waals surface area contributed by atoms with Gasteiger partial charge in [-0.2, -0.15) is 0 Å². The number of ether oxygens (including phenoxy) is 1. The average Bonchev–Trinajstić information content (AvgIpc) is 2.55. The minimum Gasteiger partial charge on any atom is -0.543 e. The van der Waals surface area contributed by atoms with Crippen molar-refractivity contribution in [3.05, 3.63) is 18.2 Å². The van der Waals surface area contributed by atoms with E-state index in [-0.39, 0.29) is 17.3 Å². The molecule has 1 heterocycles. The van der Waals surface area contributed by atoms with Crippen LogP contribution in [0.5, 0.6) is 5.75 Å². The van der Waals surface area contributed by atoms with E-state index in [9.17, 15) is 4.79 Å². The van der Waals surface area contributed by atoms with Crippen molar-refractivity contribution in [2.24, 2.45) is 0 Å². The summed E-state index contributed by atoms with van der Waals surface area (Å²) in [7, 11) is -1.95. The van der Waals surface area contributed by atoms with Crippen molar-refractivity contribution in [2.75, 3.05) is 17.6 Å². The number of carbonyl (C=O) groups excluding carboxylic acids is 1. The fraction of sp³-hybridized carbons (Fsp3) is 0.682. The molecule has 1 aliphatic rings. The molecule has 164 valence electrons. The third kappa shape index (κ3) is 6.29. The predicted molar refractivity (Wildman–Crippen MR) is 123 cm³/mol. The molecule has 1 aromatic rings. The van der Waals surface area contributed by atoms with E-state index in [1.165, 1.54) is 0 Å². The Morgan fingerprint density at radius 2 is 1.83 bits per heavy atom. The lowest BCUT2D eigenvalue weighted by Crippen LogP contribution is -2.49. The van der Waals surface area contributed by atoms with E-state index in [0.717, 1.165) is 30.7 Å². The van der Waals surface area contributed by atoms with E-state index in [1.807, 2.05) is 39.0 Å². The SMILES string of the molecule is CC(C)(C)OC(=O)N1CCCCC1Nc1cc(O[Si](C)(C)C(C)(C)C)ccc1N. The van der Waals surface area contributed by atoms with Gasteiger partial charge in [0.25, 0.3) is 0 Å². The number of benzene rings is 1. The van der Waals surface area contributed by atoms with E-state index < -0.39 is 13.9 Å². The molecule has 0 spiro atoms. The summed E-state index contributed by atoms with van der Waals surface area (Å²) in [4.78, 5) is 14.5. The topological polar surface area (TPSA) is 76.8 Å². The number of hydrogen-bond donors (Lipinski definition) is 2. The molecule has 1 atom stereocenters. The summed E-state index contributed by atoms with van der Waals surface area (Å²) >= 11 is 0. The van der Waals surface area contributed by atoms with Crippen LogP contribution in [0.2, 0.25) is 18.1 Å². The average molecular weight is 422 g/mol. The molecule has 0 saturated carbocycles. The maximum atomic E-state index is 12.7. The molecular weight excluding hydrogens is 382 g/mol. The molecule has 1 amide bonds. The zero-order valence-electron chi connectivity index (χ0n) is 19.4. The Bertz CT molecular complexity index is 723. The minimum atomic E-state index is -1.95. The van der Waals surface area contributed by atoms with Crippen LogP contribution in [-0.2, 0) is 4.74 Å². The van der Waals surface area contributed by atoms with Gasteiger partial charge in [0.1, 0.15) is 17.5 Å². The monoisotopic (exact) mass is 421 g/mol. The van der Waals surface area contributed by atoms with Crippen LogP contribution < -0.4 is 15.5 Å². The van der Waals surface area contributed by atoms with Gasteiger partial charge in [0, 0.05) is 12.6 Å². The van der Waals surface area contributed by atoms with Crippen LogP contribution in [-0.4, -0.2) is 37.6 Å². The van der Waals surface area contributed by atoms with Gasteiger partial charge in [-0.1, -0.05) is 20.8 Å². The molecule has 6 nitrogen and oxygen atoms in total. The van der Waals surface area contributed by atoms with E-state index >= 15 is 0 Å². The molecule has 1 unspecified atom stereocenters. The number of carbonyl (C=O) groups is 1. The summed E-state index contributed by atoms with van der Waals surface area (Å²) in [6.07, 6.45) is 2.44. The lowest BCUT2D eigenvalue weighted by atomic mass is 10.1. The van der Waals surface area contributed by atoms with Crippen molar-refractivity contribution in [3.8, 4) is 5.75 Å². The predicted octanol–water partition coefficient (Wildman–Crippen LogP) is 5.81. The number of likely N-dealkylation sites (tertiary alicyclic amines) is 1. The van der Waals surface area contributed by atoms with Gasteiger partial charge in [-0.3, -0.25) is 4.90 Å². The summed E-state index contributed by atoms with van der Waals surface area (Å²) in [5.74, 6) is 0.813. The number of rotatable bonds is 4. The molecule has 1 saturated heterocycles. The Morgan fingerprint density at radius 3 is 2.41 bits per heavy atom.